The van der Waals surface area contributed by atoms with E-state index in [0.717, 1.165) is 44.1 Å². The molecule has 0 radical (unpaired) electrons. The average Bonchev–Trinajstić information content (AvgIpc) is 3.30. The maximum absolute atomic E-state index is 12.7. The quantitative estimate of drug-likeness (QED) is 0.608. The van der Waals surface area contributed by atoms with Crippen LogP contribution in [-0.4, -0.2) is 42.1 Å². The van der Waals surface area contributed by atoms with Crippen LogP contribution in [0.15, 0.2) is 40.6 Å². The summed E-state index contributed by atoms with van der Waals surface area (Å²) in [6, 6.07) is 9.79. The van der Waals surface area contributed by atoms with Crippen molar-refractivity contribution in [1.29, 1.82) is 5.41 Å². The first-order valence-electron chi connectivity index (χ1n) is 7.38. The molecule has 6 nitrogen and oxygen atoms in total. The molecule has 0 saturated carbocycles. The van der Waals surface area contributed by atoms with Gasteiger partial charge in [-0.2, -0.15) is 10.0 Å². The van der Waals surface area contributed by atoms with Crippen LogP contribution >= 0.6 is 47.1 Å². The Bertz CT molecular complexity index is 954. The lowest BCUT2D eigenvalue weighted by molar-refractivity contribution is -0.141. The number of hydrazine groups is 1. The van der Waals surface area contributed by atoms with Crippen LogP contribution in [0.3, 0.4) is 0 Å². The highest BCUT2D eigenvalue weighted by atomic mass is 32.2. The number of amides is 2. The number of hydrogen-bond donors (Lipinski definition) is 1. The van der Waals surface area contributed by atoms with Crippen LogP contribution in [-0.2, 0) is 9.59 Å². The van der Waals surface area contributed by atoms with E-state index in [1.807, 2.05) is 35.7 Å². The minimum absolute atomic E-state index is 0.00701. The minimum Gasteiger partial charge on any atom is -0.277 e. The molecule has 2 aliphatic heterocycles. The van der Waals surface area contributed by atoms with Crippen molar-refractivity contribution in [3.63, 3.8) is 0 Å². The van der Waals surface area contributed by atoms with E-state index in [1.165, 1.54) is 11.3 Å². The number of thioether (sulfide) groups is 2. The smallest absolute Gasteiger partial charge is 0.277 e. The van der Waals surface area contributed by atoms with Gasteiger partial charge in [0.15, 0.2) is 9.49 Å². The van der Waals surface area contributed by atoms with E-state index in [-0.39, 0.29) is 21.1 Å². The molecule has 1 aromatic heterocycles. The number of thiocarbonyl (C=S) groups is 1. The molecule has 1 N–H and O–H groups in total. The Hall–Kier alpha value is -2.01. The van der Waals surface area contributed by atoms with Crippen molar-refractivity contribution in [1.82, 2.24) is 15.0 Å². The Labute approximate surface area is 166 Å². The monoisotopic (exact) mass is 418 g/mol. The summed E-state index contributed by atoms with van der Waals surface area (Å²) in [5.41, 5.74) is 1.67. The summed E-state index contributed by atoms with van der Waals surface area (Å²) in [6.07, 6.45) is 1.67. The first-order valence-corrected chi connectivity index (χ1v) is 10.5. The van der Waals surface area contributed by atoms with Gasteiger partial charge in [-0.3, -0.25) is 15.0 Å². The second-order valence-electron chi connectivity index (χ2n) is 5.24. The number of carbonyl (C=O) groups excluding carboxylic acids is 2. The van der Waals surface area contributed by atoms with Gasteiger partial charge in [0.2, 0.25) is 0 Å². The third-order valence-corrected chi connectivity index (χ3v) is 6.59. The molecule has 10 heteroatoms. The SMILES string of the molecule is N=C1SCC(=O)N1N1C(=O)/C(=C/c2csc(-c3ccccc3)n2)SC1=S. The van der Waals surface area contributed by atoms with Gasteiger partial charge in [-0.1, -0.05) is 53.9 Å². The Morgan fingerprint density at radius 1 is 1.19 bits per heavy atom. The van der Waals surface area contributed by atoms with Crippen molar-refractivity contribution < 1.29 is 9.59 Å². The van der Waals surface area contributed by atoms with Crippen LogP contribution < -0.4 is 0 Å². The van der Waals surface area contributed by atoms with E-state index in [9.17, 15) is 9.59 Å². The lowest BCUT2D eigenvalue weighted by atomic mass is 10.2. The Balaban J connectivity index is 1.60. The Kier molecular flexibility index (Phi) is 4.65. The molecule has 26 heavy (non-hydrogen) atoms. The molecule has 2 aliphatic rings. The van der Waals surface area contributed by atoms with Crippen LogP contribution in [0.4, 0.5) is 0 Å². The molecule has 0 atom stereocenters. The normalized spacial score (nSPS) is 19.3. The number of carbonyl (C=O) groups is 2. The summed E-state index contributed by atoms with van der Waals surface area (Å²) in [4.78, 5) is 29.6. The van der Waals surface area contributed by atoms with E-state index in [2.05, 4.69) is 4.98 Å². The van der Waals surface area contributed by atoms with Crippen LogP contribution in [0.25, 0.3) is 16.6 Å². The van der Waals surface area contributed by atoms with Crippen LogP contribution in [0, 0.1) is 5.41 Å². The second kappa shape index (κ2) is 6.95. The summed E-state index contributed by atoms with van der Waals surface area (Å²) >= 11 is 8.92. The molecule has 2 amide bonds. The van der Waals surface area contributed by atoms with E-state index in [0.29, 0.717) is 10.6 Å². The fourth-order valence-electron chi connectivity index (χ4n) is 2.40. The lowest BCUT2D eigenvalue weighted by Crippen LogP contribution is -2.48. The summed E-state index contributed by atoms with van der Waals surface area (Å²) in [6.45, 7) is 0. The van der Waals surface area contributed by atoms with E-state index >= 15 is 0 Å². The number of amidine groups is 1. The second-order valence-corrected chi connectivity index (χ2v) is 8.73. The predicted molar refractivity (Wildman–Crippen MR) is 110 cm³/mol. The topological polar surface area (TPSA) is 77.4 Å². The maximum atomic E-state index is 12.7. The molecule has 0 unspecified atom stereocenters. The first kappa shape index (κ1) is 17.4. The Morgan fingerprint density at radius 3 is 2.65 bits per heavy atom. The number of nitrogens with one attached hydrogen (secondary N) is 1. The molecule has 0 spiro atoms. The van der Waals surface area contributed by atoms with Gasteiger partial charge in [0.25, 0.3) is 11.8 Å². The van der Waals surface area contributed by atoms with Gasteiger partial charge in [-0.15, -0.1) is 11.3 Å². The summed E-state index contributed by atoms with van der Waals surface area (Å²) in [5.74, 6) is -0.589. The number of benzene rings is 1. The largest absolute Gasteiger partial charge is 0.285 e. The maximum Gasteiger partial charge on any atom is 0.285 e. The fraction of sp³-hybridized carbons (Fsp3) is 0.0625. The molecule has 0 aliphatic carbocycles. The number of rotatable bonds is 3. The van der Waals surface area contributed by atoms with Gasteiger partial charge in [-0.25, -0.2) is 4.98 Å². The van der Waals surface area contributed by atoms with Crippen LogP contribution in [0.2, 0.25) is 0 Å². The Morgan fingerprint density at radius 2 is 1.96 bits per heavy atom. The van der Waals surface area contributed by atoms with Crippen molar-refractivity contribution in [3.8, 4) is 10.6 Å². The number of aromatic nitrogens is 1. The molecular weight excluding hydrogens is 408 g/mol. The molecule has 130 valence electrons. The summed E-state index contributed by atoms with van der Waals surface area (Å²) in [7, 11) is 0. The molecule has 2 saturated heterocycles. The summed E-state index contributed by atoms with van der Waals surface area (Å²) in [5, 5.41) is 12.7. The van der Waals surface area contributed by atoms with Crippen LogP contribution in [0.1, 0.15) is 5.69 Å². The molecule has 3 heterocycles. The highest BCUT2D eigenvalue weighted by Gasteiger charge is 2.43. The molecule has 0 bridgehead atoms. The van der Waals surface area contributed by atoms with Crippen LogP contribution in [0.5, 0.6) is 0 Å². The number of hydrogen-bond acceptors (Lipinski definition) is 8. The third-order valence-electron chi connectivity index (χ3n) is 3.56. The van der Waals surface area contributed by atoms with Crippen molar-refractivity contribution in [2.45, 2.75) is 0 Å². The van der Waals surface area contributed by atoms with E-state index < -0.39 is 5.91 Å². The van der Waals surface area contributed by atoms with E-state index in [4.69, 9.17) is 17.6 Å². The zero-order chi connectivity index (χ0) is 18.3. The number of nitrogens with zero attached hydrogens (tertiary/aromatic N) is 3. The molecular formula is C16H10N4O2S4. The van der Waals surface area contributed by atoms with Gasteiger partial charge in [0.05, 0.1) is 16.4 Å². The average molecular weight is 419 g/mol. The zero-order valence-electron chi connectivity index (χ0n) is 13.0. The van der Waals surface area contributed by atoms with Crippen molar-refractivity contribution in [2.75, 3.05) is 5.75 Å². The molecule has 4 rings (SSSR count). The van der Waals surface area contributed by atoms with Gasteiger partial charge >= 0.3 is 0 Å². The predicted octanol–water partition coefficient (Wildman–Crippen LogP) is 3.44. The third kappa shape index (κ3) is 3.09. The highest BCUT2D eigenvalue weighted by Crippen LogP contribution is 2.36. The molecule has 2 fully saturated rings. The van der Waals surface area contributed by atoms with Crippen molar-refractivity contribution in [2.24, 2.45) is 0 Å². The number of thiazole rings is 1. The van der Waals surface area contributed by atoms with Gasteiger partial charge in [-0.05, 0) is 18.3 Å². The molecule has 2 aromatic rings. The highest BCUT2D eigenvalue weighted by molar-refractivity contribution is 8.26. The lowest BCUT2D eigenvalue weighted by Gasteiger charge is -2.24. The van der Waals surface area contributed by atoms with Gasteiger partial charge in [0.1, 0.15) is 5.01 Å². The van der Waals surface area contributed by atoms with Gasteiger partial charge in [0, 0.05) is 10.9 Å². The van der Waals surface area contributed by atoms with E-state index in [1.54, 1.807) is 6.08 Å². The van der Waals surface area contributed by atoms with Gasteiger partial charge < -0.3 is 0 Å². The van der Waals surface area contributed by atoms with Crippen molar-refractivity contribution >= 4 is 74.5 Å². The standard InChI is InChI=1S/C16H10N4O2S4/c17-15-19(12(21)8-25-15)20-14(22)11(26-16(20)23)6-10-7-24-13(18-10)9-4-2-1-3-5-9/h1-7,17H,8H2/b11-6-,17-15?. The first-order chi connectivity index (χ1) is 12.5. The minimum atomic E-state index is -0.408. The van der Waals surface area contributed by atoms with Crippen molar-refractivity contribution in [3.05, 3.63) is 46.3 Å². The molecule has 1 aromatic carbocycles. The zero-order valence-corrected chi connectivity index (χ0v) is 16.3. The fourth-order valence-corrected chi connectivity index (χ4v) is 5.10. The summed E-state index contributed by atoms with van der Waals surface area (Å²) < 4.78 is 0.236.